The molecule has 0 spiro atoms. The minimum absolute atomic E-state index is 0.00521. The first-order valence-corrected chi connectivity index (χ1v) is 5.62. The van der Waals surface area contributed by atoms with Crippen molar-refractivity contribution < 1.29 is 13.6 Å². The Morgan fingerprint density at radius 3 is 2.60 bits per heavy atom. The Balaban J connectivity index is 3.04. The summed E-state index contributed by atoms with van der Waals surface area (Å²) in [5.41, 5.74) is 1.21. The largest absolute Gasteiger partial charge is 0.300 e. The summed E-state index contributed by atoms with van der Waals surface area (Å²) >= 11 is 3.15. The zero-order chi connectivity index (χ0) is 11.4. The molecule has 1 nitrogen and oxygen atoms in total. The molecule has 0 atom stereocenters. The van der Waals surface area contributed by atoms with Crippen LogP contribution in [0, 0.1) is 0 Å². The van der Waals surface area contributed by atoms with Crippen molar-refractivity contribution in [3.05, 3.63) is 34.9 Å². The van der Waals surface area contributed by atoms with E-state index in [-0.39, 0.29) is 17.8 Å². The topological polar surface area (TPSA) is 17.1 Å². The van der Waals surface area contributed by atoms with Crippen LogP contribution in [0.15, 0.2) is 18.2 Å². The maximum atomic E-state index is 12.6. The second-order valence-corrected chi connectivity index (χ2v) is 3.91. The molecule has 0 unspecified atom stereocenters. The second kappa shape index (κ2) is 5.35. The number of hydrogen-bond donors (Lipinski definition) is 0. The van der Waals surface area contributed by atoms with Crippen LogP contribution in [0.3, 0.4) is 0 Å². The number of benzene rings is 1. The summed E-state index contributed by atoms with van der Waals surface area (Å²) in [7, 11) is 0. The van der Waals surface area contributed by atoms with Gasteiger partial charge in [-0.1, -0.05) is 28.1 Å². The predicted octanol–water partition coefficient (Wildman–Crippen LogP) is 3.65. The van der Waals surface area contributed by atoms with Crippen LogP contribution in [0.25, 0.3) is 0 Å². The van der Waals surface area contributed by atoms with E-state index in [0.29, 0.717) is 16.5 Å². The highest BCUT2D eigenvalue weighted by Gasteiger charge is 2.13. The molecule has 15 heavy (non-hydrogen) atoms. The Morgan fingerprint density at radius 1 is 1.47 bits per heavy atom. The first-order valence-electron chi connectivity index (χ1n) is 4.50. The van der Waals surface area contributed by atoms with Crippen molar-refractivity contribution in [2.24, 2.45) is 0 Å². The van der Waals surface area contributed by atoms with E-state index in [2.05, 4.69) is 15.9 Å². The molecule has 1 aromatic carbocycles. The molecule has 0 saturated heterocycles. The van der Waals surface area contributed by atoms with E-state index >= 15 is 0 Å². The van der Waals surface area contributed by atoms with Crippen molar-refractivity contribution in [2.45, 2.75) is 25.1 Å². The van der Waals surface area contributed by atoms with Crippen molar-refractivity contribution >= 4 is 21.7 Å². The summed E-state index contributed by atoms with van der Waals surface area (Å²) < 4.78 is 25.3. The van der Waals surface area contributed by atoms with Crippen molar-refractivity contribution in [3.63, 3.8) is 0 Å². The van der Waals surface area contributed by atoms with E-state index in [4.69, 9.17) is 0 Å². The molecular weight excluding hydrogens is 266 g/mol. The molecular formula is C11H11BrF2O. The number of carbonyl (C=O) groups excluding carboxylic acids is 1. The highest BCUT2D eigenvalue weighted by Crippen LogP contribution is 2.26. The van der Waals surface area contributed by atoms with E-state index in [1.54, 1.807) is 12.1 Å². The fourth-order valence-electron chi connectivity index (χ4n) is 1.37. The number of Topliss-reactive ketones (excluding diaryl/α,β-unsaturated/α-hetero) is 1. The minimum Gasteiger partial charge on any atom is -0.300 e. The molecule has 0 amide bonds. The standard InChI is InChI=1S/C11H11BrF2O/c1-7(15)4-8-2-3-9(6-12)10(5-8)11(13)14/h2-3,5,11H,4,6H2,1H3. The third-order valence-electron chi connectivity index (χ3n) is 2.04. The lowest BCUT2D eigenvalue weighted by Gasteiger charge is -2.08. The van der Waals surface area contributed by atoms with Crippen LogP contribution < -0.4 is 0 Å². The number of rotatable bonds is 4. The van der Waals surface area contributed by atoms with Gasteiger partial charge in [-0.3, -0.25) is 4.79 Å². The highest BCUT2D eigenvalue weighted by atomic mass is 79.9. The Morgan fingerprint density at radius 2 is 2.13 bits per heavy atom. The maximum Gasteiger partial charge on any atom is 0.264 e. The molecule has 4 heteroatoms. The normalized spacial score (nSPS) is 10.7. The quantitative estimate of drug-likeness (QED) is 0.768. The van der Waals surface area contributed by atoms with Crippen molar-refractivity contribution in [1.29, 1.82) is 0 Å². The van der Waals surface area contributed by atoms with Gasteiger partial charge in [0.15, 0.2) is 0 Å². The van der Waals surface area contributed by atoms with Gasteiger partial charge in [-0.25, -0.2) is 8.78 Å². The monoisotopic (exact) mass is 276 g/mol. The average Bonchev–Trinajstić information content (AvgIpc) is 2.16. The average molecular weight is 277 g/mol. The number of halogens is 3. The molecule has 0 bridgehead atoms. The van der Waals surface area contributed by atoms with Crippen LogP contribution >= 0.6 is 15.9 Å². The van der Waals surface area contributed by atoms with E-state index in [0.717, 1.165) is 0 Å². The van der Waals surface area contributed by atoms with Crippen LogP contribution in [0.1, 0.15) is 30.0 Å². The van der Waals surface area contributed by atoms with E-state index in [9.17, 15) is 13.6 Å². The maximum absolute atomic E-state index is 12.6. The fourth-order valence-corrected chi connectivity index (χ4v) is 1.88. The van der Waals surface area contributed by atoms with Crippen LogP contribution in [-0.4, -0.2) is 5.78 Å². The fraction of sp³-hybridized carbons (Fsp3) is 0.364. The van der Waals surface area contributed by atoms with Gasteiger partial charge in [0.1, 0.15) is 5.78 Å². The number of ketones is 1. The number of alkyl halides is 3. The molecule has 0 fully saturated rings. The third kappa shape index (κ3) is 3.38. The molecule has 0 aromatic heterocycles. The van der Waals surface area contributed by atoms with Gasteiger partial charge in [0.25, 0.3) is 6.43 Å². The van der Waals surface area contributed by atoms with E-state index in [1.165, 1.54) is 13.0 Å². The molecule has 0 aliphatic heterocycles. The first kappa shape index (κ1) is 12.3. The van der Waals surface area contributed by atoms with E-state index < -0.39 is 6.43 Å². The summed E-state index contributed by atoms with van der Waals surface area (Å²) in [6.07, 6.45) is -2.29. The Labute approximate surface area is 95.6 Å². The SMILES string of the molecule is CC(=O)Cc1ccc(CBr)c(C(F)F)c1. The molecule has 1 rings (SSSR count). The second-order valence-electron chi connectivity index (χ2n) is 3.35. The Hall–Kier alpha value is -0.770. The van der Waals surface area contributed by atoms with Gasteiger partial charge < -0.3 is 0 Å². The van der Waals surface area contributed by atoms with Gasteiger partial charge in [0.05, 0.1) is 0 Å². The Kier molecular flexibility index (Phi) is 4.39. The summed E-state index contributed by atoms with van der Waals surface area (Å²) in [5, 5.41) is 0.396. The van der Waals surface area contributed by atoms with E-state index in [1.807, 2.05) is 0 Å². The molecule has 0 N–H and O–H groups in total. The summed E-state index contributed by atoms with van der Waals surface area (Å²) in [6, 6.07) is 4.75. The smallest absolute Gasteiger partial charge is 0.264 e. The molecule has 1 aromatic rings. The van der Waals surface area contributed by atoms with Crippen LogP contribution in [0.2, 0.25) is 0 Å². The molecule has 0 radical (unpaired) electrons. The van der Waals surface area contributed by atoms with Gasteiger partial charge in [-0.15, -0.1) is 0 Å². The zero-order valence-corrected chi connectivity index (χ0v) is 9.85. The lowest BCUT2D eigenvalue weighted by molar-refractivity contribution is -0.116. The summed E-state index contributed by atoms with van der Waals surface area (Å²) in [5.74, 6) is -0.0261. The number of hydrogen-bond acceptors (Lipinski definition) is 1. The van der Waals surface area contributed by atoms with Gasteiger partial charge in [-0.2, -0.15) is 0 Å². The van der Waals surface area contributed by atoms with Crippen molar-refractivity contribution in [3.8, 4) is 0 Å². The Bertz CT molecular complexity index is 364. The minimum atomic E-state index is -2.50. The van der Waals surface area contributed by atoms with Gasteiger partial charge >= 0.3 is 0 Å². The molecule has 0 aliphatic carbocycles. The van der Waals surface area contributed by atoms with Crippen LogP contribution in [0.4, 0.5) is 8.78 Å². The molecule has 0 aliphatic rings. The first-order chi connectivity index (χ1) is 7.04. The zero-order valence-electron chi connectivity index (χ0n) is 8.27. The number of carbonyl (C=O) groups is 1. The summed E-state index contributed by atoms with van der Waals surface area (Å²) in [6.45, 7) is 1.44. The molecule has 0 saturated carbocycles. The highest BCUT2D eigenvalue weighted by molar-refractivity contribution is 9.08. The summed E-state index contributed by atoms with van der Waals surface area (Å²) in [4.78, 5) is 10.9. The van der Waals surface area contributed by atoms with Gasteiger partial charge in [0.2, 0.25) is 0 Å². The van der Waals surface area contributed by atoms with Crippen LogP contribution in [0.5, 0.6) is 0 Å². The molecule has 82 valence electrons. The van der Waals surface area contributed by atoms with Crippen molar-refractivity contribution in [2.75, 3.05) is 0 Å². The predicted molar refractivity (Wildman–Crippen MR) is 58.4 cm³/mol. The lowest BCUT2D eigenvalue weighted by atomic mass is 10.0. The van der Waals surface area contributed by atoms with Crippen LogP contribution in [-0.2, 0) is 16.5 Å². The van der Waals surface area contributed by atoms with Gasteiger partial charge in [-0.05, 0) is 24.1 Å². The van der Waals surface area contributed by atoms with Crippen molar-refractivity contribution in [1.82, 2.24) is 0 Å². The third-order valence-corrected chi connectivity index (χ3v) is 2.65. The molecule has 0 heterocycles. The van der Waals surface area contributed by atoms with Gasteiger partial charge in [0, 0.05) is 17.3 Å². The lowest BCUT2D eigenvalue weighted by Crippen LogP contribution is -1.99.